The van der Waals surface area contributed by atoms with Gasteiger partial charge in [0, 0.05) is 12.6 Å². The molecule has 0 saturated heterocycles. The number of hydrogen-bond donors (Lipinski definition) is 1. The van der Waals surface area contributed by atoms with Crippen LogP contribution in [0.2, 0.25) is 0 Å². The van der Waals surface area contributed by atoms with Gasteiger partial charge in [-0.2, -0.15) is 0 Å². The van der Waals surface area contributed by atoms with Crippen LogP contribution in [0.15, 0.2) is 16.5 Å². The Balaban J connectivity index is 1.89. The first-order chi connectivity index (χ1) is 10.2. The highest BCUT2D eigenvalue weighted by atomic mass is 16.3. The molecule has 1 heterocycles. The predicted octanol–water partition coefficient (Wildman–Crippen LogP) is 4.18. The Hall–Kier alpha value is -0.800. The lowest BCUT2D eigenvalue weighted by Crippen LogP contribution is -2.35. The maximum atomic E-state index is 6.00. The molecule has 1 N–H and O–H groups in total. The number of hydrogen-bond acceptors (Lipinski definition) is 3. The van der Waals surface area contributed by atoms with Crippen molar-refractivity contribution in [3.8, 4) is 0 Å². The van der Waals surface area contributed by atoms with E-state index in [9.17, 15) is 0 Å². The van der Waals surface area contributed by atoms with E-state index >= 15 is 0 Å². The first-order valence-corrected chi connectivity index (χ1v) is 8.71. The lowest BCUT2D eigenvalue weighted by atomic mass is 10.1. The Labute approximate surface area is 130 Å². The highest BCUT2D eigenvalue weighted by Gasteiger charge is 2.24. The van der Waals surface area contributed by atoms with E-state index in [1.165, 1.54) is 32.2 Å². The van der Waals surface area contributed by atoms with E-state index in [0.717, 1.165) is 43.6 Å². The summed E-state index contributed by atoms with van der Waals surface area (Å²) < 4.78 is 6.00. The molecule has 0 bridgehead atoms. The molecule has 0 spiro atoms. The van der Waals surface area contributed by atoms with Crippen molar-refractivity contribution in [2.24, 2.45) is 5.92 Å². The average Bonchev–Trinajstić information content (AvgIpc) is 3.09. The van der Waals surface area contributed by atoms with E-state index in [0.29, 0.717) is 5.92 Å². The van der Waals surface area contributed by atoms with Gasteiger partial charge in [-0.1, -0.05) is 33.6 Å². The Morgan fingerprint density at radius 3 is 2.62 bits per heavy atom. The van der Waals surface area contributed by atoms with Crippen molar-refractivity contribution in [1.82, 2.24) is 10.2 Å². The summed E-state index contributed by atoms with van der Waals surface area (Å²) in [6, 6.07) is 5.05. The molecule has 120 valence electrons. The first-order valence-electron chi connectivity index (χ1n) is 8.71. The smallest absolute Gasteiger partial charge is 0.118 e. The fourth-order valence-electron chi connectivity index (χ4n) is 3.27. The van der Waals surface area contributed by atoms with E-state index in [-0.39, 0.29) is 0 Å². The molecule has 1 aliphatic carbocycles. The Kier molecular flexibility index (Phi) is 6.78. The maximum absolute atomic E-state index is 6.00. The second-order valence-corrected chi connectivity index (χ2v) is 6.81. The number of rotatable bonds is 9. The van der Waals surface area contributed by atoms with Gasteiger partial charge in [-0.05, 0) is 43.9 Å². The lowest BCUT2D eigenvalue weighted by molar-refractivity contribution is 0.155. The lowest BCUT2D eigenvalue weighted by Gasteiger charge is -2.29. The van der Waals surface area contributed by atoms with Crippen LogP contribution in [0.3, 0.4) is 0 Å². The van der Waals surface area contributed by atoms with E-state index in [1.54, 1.807) is 0 Å². The van der Waals surface area contributed by atoms with Crippen LogP contribution in [0.5, 0.6) is 0 Å². The summed E-state index contributed by atoms with van der Waals surface area (Å²) in [7, 11) is 0. The fourth-order valence-corrected chi connectivity index (χ4v) is 3.27. The highest BCUT2D eigenvalue weighted by molar-refractivity contribution is 5.07. The summed E-state index contributed by atoms with van der Waals surface area (Å²) in [6.07, 6.45) is 6.67. The molecule has 0 aromatic carbocycles. The molecule has 1 fully saturated rings. The standard InChI is InChI=1S/C18H32N2O/c1-4-11-19-12-17-9-10-18(21-17)14-20(13-15(2)3)16-7-5-6-8-16/h9-10,15-16,19H,4-8,11-14H2,1-3H3. The van der Waals surface area contributed by atoms with E-state index in [1.807, 2.05) is 0 Å². The van der Waals surface area contributed by atoms with Crippen molar-refractivity contribution >= 4 is 0 Å². The molecule has 2 rings (SSSR count). The molecular formula is C18H32N2O. The third-order valence-corrected chi connectivity index (χ3v) is 4.24. The molecule has 1 aliphatic rings. The first kappa shape index (κ1) is 16.6. The summed E-state index contributed by atoms with van der Waals surface area (Å²) in [5.74, 6) is 2.90. The molecule has 21 heavy (non-hydrogen) atoms. The van der Waals surface area contributed by atoms with Crippen molar-refractivity contribution in [3.63, 3.8) is 0 Å². The van der Waals surface area contributed by atoms with Crippen LogP contribution < -0.4 is 5.32 Å². The van der Waals surface area contributed by atoms with Crippen molar-refractivity contribution in [1.29, 1.82) is 0 Å². The molecule has 0 aliphatic heterocycles. The van der Waals surface area contributed by atoms with Gasteiger partial charge in [-0.3, -0.25) is 4.90 Å². The largest absolute Gasteiger partial charge is 0.463 e. The molecule has 0 atom stereocenters. The Morgan fingerprint density at radius 2 is 1.95 bits per heavy atom. The summed E-state index contributed by atoms with van der Waals surface area (Å²) in [5, 5.41) is 3.40. The van der Waals surface area contributed by atoms with E-state index < -0.39 is 0 Å². The quantitative estimate of drug-likeness (QED) is 0.692. The van der Waals surface area contributed by atoms with Crippen molar-refractivity contribution in [2.45, 2.75) is 72.0 Å². The number of nitrogens with one attached hydrogen (secondary N) is 1. The predicted molar refractivity (Wildman–Crippen MR) is 88.2 cm³/mol. The third-order valence-electron chi connectivity index (χ3n) is 4.24. The number of nitrogens with zero attached hydrogens (tertiary/aromatic N) is 1. The molecule has 1 aromatic heterocycles. The molecule has 3 nitrogen and oxygen atoms in total. The van der Waals surface area contributed by atoms with Crippen LogP contribution in [-0.4, -0.2) is 24.0 Å². The second kappa shape index (κ2) is 8.60. The maximum Gasteiger partial charge on any atom is 0.118 e. The van der Waals surface area contributed by atoms with Gasteiger partial charge < -0.3 is 9.73 Å². The summed E-state index contributed by atoms with van der Waals surface area (Å²) in [5.41, 5.74) is 0. The normalized spacial score (nSPS) is 16.4. The van der Waals surface area contributed by atoms with Crippen LogP contribution >= 0.6 is 0 Å². The van der Waals surface area contributed by atoms with Gasteiger partial charge in [0.05, 0.1) is 13.1 Å². The van der Waals surface area contributed by atoms with Gasteiger partial charge in [-0.25, -0.2) is 0 Å². The van der Waals surface area contributed by atoms with Crippen LogP contribution in [0.25, 0.3) is 0 Å². The molecule has 0 radical (unpaired) electrons. The topological polar surface area (TPSA) is 28.4 Å². The van der Waals surface area contributed by atoms with Gasteiger partial charge in [0.1, 0.15) is 11.5 Å². The van der Waals surface area contributed by atoms with Crippen LogP contribution in [-0.2, 0) is 13.1 Å². The van der Waals surface area contributed by atoms with Gasteiger partial charge >= 0.3 is 0 Å². The van der Waals surface area contributed by atoms with Gasteiger partial charge in [0.15, 0.2) is 0 Å². The Bertz CT molecular complexity index is 394. The molecule has 1 aromatic rings. The van der Waals surface area contributed by atoms with Crippen LogP contribution in [0, 0.1) is 5.92 Å². The third kappa shape index (κ3) is 5.48. The summed E-state index contributed by atoms with van der Waals surface area (Å²) in [6.45, 7) is 10.9. The zero-order chi connectivity index (χ0) is 15.1. The summed E-state index contributed by atoms with van der Waals surface area (Å²) in [4.78, 5) is 2.64. The van der Waals surface area contributed by atoms with Crippen LogP contribution in [0.4, 0.5) is 0 Å². The second-order valence-electron chi connectivity index (χ2n) is 6.81. The van der Waals surface area contributed by atoms with Gasteiger partial charge in [0.2, 0.25) is 0 Å². The summed E-state index contributed by atoms with van der Waals surface area (Å²) >= 11 is 0. The zero-order valence-electron chi connectivity index (χ0n) is 14.0. The molecule has 0 unspecified atom stereocenters. The van der Waals surface area contributed by atoms with Gasteiger partial charge in [0.25, 0.3) is 0 Å². The van der Waals surface area contributed by atoms with E-state index in [2.05, 4.69) is 43.1 Å². The fraction of sp³-hybridized carbons (Fsp3) is 0.778. The average molecular weight is 292 g/mol. The molecule has 1 saturated carbocycles. The monoisotopic (exact) mass is 292 g/mol. The molecule has 0 amide bonds. The minimum atomic E-state index is 0.714. The van der Waals surface area contributed by atoms with Gasteiger partial charge in [-0.15, -0.1) is 0 Å². The van der Waals surface area contributed by atoms with Crippen molar-refractivity contribution < 1.29 is 4.42 Å². The highest BCUT2D eigenvalue weighted by Crippen LogP contribution is 2.26. The van der Waals surface area contributed by atoms with E-state index in [4.69, 9.17) is 4.42 Å². The van der Waals surface area contributed by atoms with Crippen molar-refractivity contribution in [3.05, 3.63) is 23.7 Å². The minimum Gasteiger partial charge on any atom is -0.463 e. The Morgan fingerprint density at radius 1 is 1.24 bits per heavy atom. The SMILES string of the molecule is CCCNCc1ccc(CN(CC(C)C)C2CCCC2)o1. The zero-order valence-corrected chi connectivity index (χ0v) is 14.0. The van der Waals surface area contributed by atoms with Crippen LogP contribution in [0.1, 0.15) is 64.4 Å². The molecular weight excluding hydrogens is 260 g/mol. The number of furan rings is 1. The van der Waals surface area contributed by atoms with Crippen molar-refractivity contribution in [2.75, 3.05) is 13.1 Å². The minimum absolute atomic E-state index is 0.714. The molecule has 3 heteroatoms.